The van der Waals surface area contributed by atoms with E-state index >= 15 is 0 Å². The number of hydrogen-bond acceptors (Lipinski definition) is 3. The zero-order valence-electron chi connectivity index (χ0n) is 35.2. The van der Waals surface area contributed by atoms with Crippen molar-refractivity contribution in [3.05, 3.63) is 205 Å². The second-order valence-corrected chi connectivity index (χ2v) is 16.9. The van der Waals surface area contributed by atoms with E-state index in [0.717, 1.165) is 50.2 Å². The van der Waals surface area contributed by atoms with E-state index in [9.17, 15) is 0 Å². The number of nitrogens with zero attached hydrogens (tertiary/aromatic N) is 4. The first-order valence-electron chi connectivity index (χ1n) is 21.0. The van der Waals surface area contributed by atoms with Crippen LogP contribution in [-0.4, -0.2) is 19.5 Å². The molecule has 0 spiro atoms. The Morgan fingerprint density at radius 1 is 0.361 bits per heavy atom. The Balaban J connectivity index is 1.12. The van der Waals surface area contributed by atoms with Crippen LogP contribution >= 0.6 is 0 Å². The maximum atomic E-state index is 5.29. The molecule has 2 aromatic heterocycles. The van der Waals surface area contributed by atoms with Gasteiger partial charge in [-0.05, 0) is 82.0 Å². The fourth-order valence-electron chi connectivity index (χ4n) is 8.76. The van der Waals surface area contributed by atoms with Crippen LogP contribution < -0.4 is 0 Å². The van der Waals surface area contributed by atoms with E-state index in [1.807, 2.05) is 0 Å². The third-order valence-electron chi connectivity index (χ3n) is 12.1. The lowest BCUT2D eigenvalue weighted by Gasteiger charge is -2.19. The van der Waals surface area contributed by atoms with Crippen molar-refractivity contribution in [2.75, 3.05) is 0 Å². The number of aryl methyl sites for hydroxylation is 1. The molecule has 2 heterocycles. The van der Waals surface area contributed by atoms with Crippen molar-refractivity contribution in [2.24, 2.45) is 0 Å². The van der Waals surface area contributed by atoms with Gasteiger partial charge in [-0.15, -0.1) is 0 Å². The van der Waals surface area contributed by atoms with Gasteiger partial charge < -0.3 is 4.57 Å². The summed E-state index contributed by atoms with van der Waals surface area (Å²) >= 11 is 0. The minimum atomic E-state index is 0.0589. The number of hydrogen-bond donors (Lipinski definition) is 0. The Labute approximate surface area is 357 Å². The van der Waals surface area contributed by atoms with Crippen molar-refractivity contribution in [3.63, 3.8) is 0 Å². The smallest absolute Gasteiger partial charge is 0.164 e. The van der Waals surface area contributed by atoms with Crippen LogP contribution in [-0.2, 0) is 5.41 Å². The van der Waals surface area contributed by atoms with Gasteiger partial charge in [0.25, 0.3) is 0 Å². The van der Waals surface area contributed by atoms with E-state index in [1.54, 1.807) is 0 Å². The largest absolute Gasteiger partial charge is 0.309 e. The van der Waals surface area contributed by atoms with Gasteiger partial charge in [-0.2, -0.15) is 0 Å². The van der Waals surface area contributed by atoms with Crippen LogP contribution in [0.2, 0.25) is 0 Å². The van der Waals surface area contributed by atoms with E-state index in [2.05, 4.69) is 227 Å². The van der Waals surface area contributed by atoms with E-state index in [-0.39, 0.29) is 5.41 Å². The number of benzene rings is 8. The molecular formula is C57H46N4. The molecule has 0 aliphatic heterocycles. The Morgan fingerprint density at radius 3 is 1.48 bits per heavy atom. The van der Waals surface area contributed by atoms with Crippen LogP contribution in [0, 0.1) is 13.8 Å². The van der Waals surface area contributed by atoms with Crippen LogP contribution in [0.3, 0.4) is 0 Å². The molecule has 10 aromatic rings. The lowest BCUT2D eigenvalue weighted by Crippen LogP contribution is -2.10. The molecule has 0 radical (unpaired) electrons. The standard InChI is InChI=1S/C57H46N4/c1-37-17-6-7-18-43(37)44-24-16-25-45(38(44)2)55-58-54(59-56(60-55)50-23-9-8-19-46(50)39-33-35-42(36-34-39)57(3,4)5)41-31-29-40(30-32-41)47-20-10-13-26-51(47)61-52-27-14-11-21-48(52)49-22-12-15-28-53(49)61/h6-36H,1-5H3. The van der Waals surface area contributed by atoms with Crippen LogP contribution in [0.4, 0.5) is 0 Å². The summed E-state index contributed by atoms with van der Waals surface area (Å²) < 4.78 is 2.39. The summed E-state index contributed by atoms with van der Waals surface area (Å²) in [6.45, 7) is 11.1. The Hall–Kier alpha value is -7.43. The normalized spacial score (nSPS) is 11.7. The monoisotopic (exact) mass is 786 g/mol. The van der Waals surface area contributed by atoms with E-state index in [1.165, 1.54) is 44.1 Å². The molecule has 8 aromatic carbocycles. The van der Waals surface area contributed by atoms with Gasteiger partial charge >= 0.3 is 0 Å². The third-order valence-corrected chi connectivity index (χ3v) is 12.1. The van der Waals surface area contributed by atoms with Gasteiger partial charge in [-0.3, -0.25) is 0 Å². The second kappa shape index (κ2) is 15.3. The van der Waals surface area contributed by atoms with Crippen molar-refractivity contribution in [3.8, 4) is 73.2 Å². The summed E-state index contributed by atoms with van der Waals surface area (Å²) in [5.74, 6) is 1.91. The molecule has 0 saturated heterocycles. The lowest BCUT2D eigenvalue weighted by atomic mass is 9.86. The average Bonchev–Trinajstić information content (AvgIpc) is 3.63. The first kappa shape index (κ1) is 37.8. The molecule has 0 amide bonds. The highest BCUT2D eigenvalue weighted by atomic mass is 15.0. The second-order valence-electron chi connectivity index (χ2n) is 16.9. The molecule has 61 heavy (non-hydrogen) atoms. The van der Waals surface area contributed by atoms with Crippen LogP contribution in [0.1, 0.15) is 37.5 Å². The van der Waals surface area contributed by atoms with Crippen molar-refractivity contribution >= 4 is 21.8 Å². The van der Waals surface area contributed by atoms with Gasteiger partial charge in [0.2, 0.25) is 0 Å². The van der Waals surface area contributed by atoms with E-state index in [4.69, 9.17) is 15.0 Å². The molecule has 10 rings (SSSR count). The summed E-state index contributed by atoms with van der Waals surface area (Å²) in [6, 6.07) is 67.0. The molecule has 0 bridgehead atoms. The molecule has 0 atom stereocenters. The molecule has 0 saturated carbocycles. The Morgan fingerprint density at radius 2 is 0.820 bits per heavy atom. The number of rotatable bonds is 7. The number of fused-ring (bicyclic) bond motifs is 3. The van der Waals surface area contributed by atoms with Gasteiger partial charge in [-0.25, -0.2) is 15.0 Å². The lowest BCUT2D eigenvalue weighted by molar-refractivity contribution is 0.590. The molecule has 4 nitrogen and oxygen atoms in total. The fourth-order valence-corrected chi connectivity index (χ4v) is 8.76. The summed E-state index contributed by atoms with van der Waals surface area (Å²) in [5, 5.41) is 2.49. The van der Waals surface area contributed by atoms with Crippen LogP contribution in [0.15, 0.2) is 188 Å². The minimum Gasteiger partial charge on any atom is -0.309 e. The molecule has 0 aliphatic rings. The van der Waals surface area contributed by atoms with Gasteiger partial charge in [0.1, 0.15) is 0 Å². The molecule has 4 heteroatoms. The van der Waals surface area contributed by atoms with Gasteiger partial charge in [0.05, 0.1) is 16.7 Å². The highest BCUT2D eigenvalue weighted by Crippen LogP contribution is 2.39. The fraction of sp³-hybridized carbons (Fsp3) is 0.105. The van der Waals surface area contributed by atoms with Crippen molar-refractivity contribution in [1.29, 1.82) is 0 Å². The Kier molecular flexibility index (Phi) is 9.49. The number of aromatic nitrogens is 4. The summed E-state index contributed by atoms with van der Waals surface area (Å²) in [6.07, 6.45) is 0. The SMILES string of the molecule is Cc1ccccc1-c1cccc(-c2nc(-c3ccc(-c4ccccc4-n4c5ccccc5c5ccccc54)cc3)nc(-c3ccccc3-c3ccc(C(C)(C)C)cc3)n2)c1C. The maximum Gasteiger partial charge on any atom is 0.164 e. The van der Waals surface area contributed by atoms with Crippen molar-refractivity contribution in [1.82, 2.24) is 19.5 Å². The van der Waals surface area contributed by atoms with Crippen molar-refractivity contribution < 1.29 is 0 Å². The van der Waals surface area contributed by atoms with E-state index in [0.29, 0.717) is 17.5 Å². The molecule has 0 fully saturated rings. The molecule has 0 aliphatic carbocycles. The molecule has 294 valence electrons. The Bertz CT molecular complexity index is 3180. The summed E-state index contributed by atoms with van der Waals surface area (Å²) in [4.78, 5) is 15.8. The van der Waals surface area contributed by atoms with Gasteiger partial charge in [-0.1, -0.05) is 191 Å². The minimum absolute atomic E-state index is 0.0589. The van der Waals surface area contributed by atoms with E-state index < -0.39 is 0 Å². The highest BCUT2D eigenvalue weighted by Gasteiger charge is 2.20. The first-order valence-corrected chi connectivity index (χ1v) is 21.0. The molecular weight excluding hydrogens is 741 g/mol. The van der Waals surface area contributed by atoms with Crippen molar-refractivity contribution in [2.45, 2.75) is 40.0 Å². The summed E-state index contributed by atoms with van der Waals surface area (Å²) in [7, 11) is 0. The number of para-hydroxylation sites is 3. The van der Waals surface area contributed by atoms with Crippen LogP contribution in [0.25, 0.3) is 95.0 Å². The predicted octanol–water partition coefficient (Wildman–Crippen LogP) is 14.9. The quantitative estimate of drug-likeness (QED) is 0.162. The predicted molar refractivity (Wildman–Crippen MR) is 255 cm³/mol. The van der Waals surface area contributed by atoms with Crippen LogP contribution in [0.5, 0.6) is 0 Å². The first-order chi connectivity index (χ1) is 29.7. The van der Waals surface area contributed by atoms with Gasteiger partial charge in [0.15, 0.2) is 17.5 Å². The zero-order valence-corrected chi connectivity index (χ0v) is 35.2. The summed E-state index contributed by atoms with van der Waals surface area (Å²) in [5.41, 5.74) is 16.9. The highest BCUT2D eigenvalue weighted by molar-refractivity contribution is 6.09. The average molecular weight is 787 g/mol. The topological polar surface area (TPSA) is 43.6 Å². The van der Waals surface area contributed by atoms with Gasteiger partial charge in [0, 0.05) is 33.0 Å². The third kappa shape index (κ3) is 6.90. The molecule has 0 unspecified atom stereocenters. The molecule has 0 N–H and O–H groups in total. The zero-order chi connectivity index (χ0) is 41.7. The maximum absolute atomic E-state index is 5.29.